The van der Waals surface area contributed by atoms with E-state index in [4.69, 9.17) is 23.2 Å². The predicted molar refractivity (Wildman–Crippen MR) is 111 cm³/mol. The number of amides is 1. The predicted octanol–water partition coefficient (Wildman–Crippen LogP) is 3.98. The van der Waals surface area contributed by atoms with Crippen LogP contribution in [0.4, 0.5) is 5.13 Å². The van der Waals surface area contributed by atoms with Crippen LogP contribution in [0, 0.1) is 0 Å². The van der Waals surface area contributed by atoms with Crippen LogP contribution in [0.5, 0.6) is 0 Å². The van der Waals surface area contributed by atoms with Crippen molar-refractivity contribution in [1.82, 2.24) is 9.71 Å². The first kappa shape index (κ1) is 20.8. The summed E-state index contributed by atoms with van der Waals surface area (Å²) in [5, 5.41) is 4.64. The van der Waals surface area contributed by atoms with Gasteiger partial charge in [0.25, 0.3) is 0 Å². The summed E-state index contributed by atoms with van der Waals surface area (Å²) in [5.41, 5.74) is 0.787. The number of thiazole rings is 1. The minimum absolute atomic E-state index is 0.0289. The first-order chi connectivity index (χ1) is 13.4. The molecule has 0 aliphatic heterocycles. The Labute approximate surface area is 176 Å². The first-order valence-electron chi connectivity index (χ1n) is 8.07. The Hall–Kier alpha value is -1.97. The molecule has 0 bridgehead atoms. The van der Waals surface area contributed by atoms with E-state index in [1.807, 2.05) is 18.2 Å². The maximum absolute atomic E-state index is 12.9. The largest absolute Gasteiger partial charge is 0.301 e. The quantitative estimate of drug-likeness (QED) is 0.563. The van der Waals surface area contributed by atoms with Gasteiger partial charge in [0.2, 0.25) is 15.9 Å². The third-order valence-electron chi connectivity index (χ3n) is 3.75. The fourth-order valence-corrected chi connectivity index (χ4v) is 5.37. The number of rotatable bonds is 7. The van der Waals surface area contributed by atoms with E-state index in [1.165, 1.54) is 23.5 Å². The molecule has 0 saturated carbocycles. The van der Waals surface area contributed by atoms with E-state index in [2.05, 4.69) is 15.0 Å². The van der Waals surface area contributed by atoms with E-state index in [9.17, 15) is 13.2 Å². The summed E-state index contributed by atoms with van der Waals surface area (Å²) >= 11 is 13.3. The number of hydrogen-bond acceptors (Lipinski definition) is 5. The summed E-state index contributed by atoms with van der Waals surface area (Å²) in [4.78, 5) is 16.5. The number of carbonyl (C=O) groups excluding carboxylic acids is 1. The molecule has 2 aromatic carbocycles. The lowest BCUT2D eigenvalue weighted by atomic mass is 10.1. The molecule has 146 valence electrons. The van der Waals surface area contributed by atoms with E-state index < -0.39 is 22.0 Å². The molecular formula is C18H15Cl2N3O3S2. The second kappa shape index (κ2) is 9.02. The standard InChI is InChI=1S/C18H15Cl2N3O3S2/c19-13-7-4-8-14(20)16(13)28(25,26)23-15(11-12-5-2-1-3-6-12)17(24)22-18-21-9-10-27-18/h1-10,15,23H,11H2,(H,21,22,24). The molecule has 6 nitrogen and oxygen atoms in total. The van der Waals surface area contributed by atoms with Crippen LogP contribution in [0.2, 0.25) is 10.0 Å². The Morgan fingerprint density at radius 3 is 2.36 bits per heavy atom. The van der Waals surface area contributed by atoms with Crippen LogP contribution >= 0.6 is 34.5 Å². The SMILES string of the molecule is O=C(Nc1nccs1)C(Cc1ccccc1)NS(=O)(=O)c1c(Cl)cccc1Cl. The molecule has 3 rings (SSSR count). The van der Waals surface area contributed by atoms with Gasteiger partial charge in [0.1, 0.15) is 10.9 Å². The molecule has 1 aromatic heterocycles. The number of carbonyl (C=O) groups is 1. The molecule has 0 aliphatic carbocycles. The lowest BCUT2D eigenvalue weighted by molar-refractivity contribution is -0.117. The molecule has 1 heterocycles. The number of nitrogens with one attached hydrogen (secondary N) is 2. The second-order valence-electron chi connectivity index (χ2n) is 5.74. The maximum atomic E-state index is 12.9. The van der Waals surface area contributed by atoms with Gasteiger partial charge in [-0.15, -0.1) is 11.3 Å². The van der Waals surface area contributed by atoms with Gasteiger partial charge in [-0.25, -0.2) is 13.4 Å². The van der Waals surface area contributed by atoms with Gasteiger partial charge in [-0.05, 0) is 24.1 Å². The van der Waals surface area contributed by atoms with Crippen molar-refractivity contribution in [2.75, 3.05) is 5.32 Å². The van der Waals surface area contributed by atoms with E-state index >= 15 is 0 Å². The van der Waals surface area contributed by atoms with Gasteiger partial charge in [-0.3, -0.25) is 4.79 Å². The minimum Gasteiger partial charge on any atom is -0.301 e. The minimum atomic E-state index is -4.16. The Balaban J connectivity index is 1.90. The van der Waals surface area contributed by atoms with Gasteiger partial charge >= 0.3 is 0 Å². The van der Waals surface area contributed by atoms with Gasteiger partial charge in [-0.2, -0.15) is 4.72 Å². The van der Waals surface area contributed by atoms with Crippen molar-refractivity contribution in [3.05, 3.63) is 75.7 Å². The Morgan fingerprint density at radius 1 is 1.07 bits per heavy atom. The molecule has 1 atom stereocenters. The van der Waals surface area contributed by atoms with Gasteiger partial charge in [-0.1, -0.05) is 59.6 Å². The number of halogens is 2. The number of hydrogen-bond donors (Lipinski definition) is 2. The average Bonchev–Trinajstić information content (AvgIpc) is 3.14. The van der Waals surface area contributed by atoms with Crippen LogP contribution in [-0.4, -0.2) is 25.4 Å². The van der Waals surface area contributed by atoms with Gasteiger partial charge in [0.05, 0.1) is 10.0 Å². The van der Waals surface area contributed by atoms with Crippen molar-refractivity contribution < 1.29 is 13.2 Å². The van der Waals surface area contributed by atoms with Crippen LogP contribution in [0.3, 0.4) is 0 Å². The topological polar surface area (TPSA) is 88.2 Å². The average molecular weight is 456 g/mol. The molecule has 28 heavy (non-hydrogen) atoms. The molecule has 0 saturated heterocycles. The van der Waals surface area contributed by atoms with Crippen molar-refractivity contribution in [2.24, 2.45) is 0 Å². The maximum Gasteiger partial charge on any atom is 0.244 e. The molecule has 0 radical (unpaired) electrons. The Morgan fingerprint density at radius 2 is 1.75 bits per heavy atom. The van der Waals surface area contributed by atoms with Crippen molar-refractivity contribution in [2.45, 2.75) is 17.4 Å². The summed E-state index contributed by atoms with van der Waals surface area (Å²) in [5.74, 6) is -0.537. The van der Waals surface area contributed by atoms with Crippen LogP contribution in [-0.2, 0) is 21.2 Å². The smallest absolute Gasteiger partial charge is 0.244 e. The molecule has 3 aromatic rings. The number of aromatic nitrogens is 1. The highest BCUT2D eigenvalue weighted by Gasteiger charge is 2.29. The second-order valence-corrected chi connectivity index (χ2v) is 9.10. The van der Waals surface area contributed by atoms with E-state index in [0.717, 1.165) is 5.56 Å². The fourth-order valence-electron chi connectivity index (χ4n) is 2.50. The molecule has 1 amide bonds. The van der Waals surface area contributed by atoms with Crippen molar-refractivity contribution >= 4 is 55.6 Å². The summed E-state index contributed by atoms with van der Waals surface area (Å²) in [6.07, 6.45) is 1.68. The lowest BCUT2D eigenvalue weighted by Crippen LogP contribution is -2.45. The first-order valence-corrected chi connectivity index (χ1v) is 11.2. The lowest BCUT2D eigenvalue weighted by Gasteiger charge is -2.19. The Bertz CT molecular complexity index is 1040. The fraction of sp³-hybridized carbons (Fsp3) is 0.111. The molecule has 0 spiro atoms. The van der Waals surface area contributed by atoms with Crippen molar-refractivity contribution in [1.29, 1.82) is 0 Å². The number of sulfonamides is 1. The molecule has 0 aliphatic rings. The van der Waals surface area contributed by atoms with Crippen LogP contribution in [0.15, 0.2) is 65.0 Å². The van der Waals surface area contributed by atoms with E-state index in [0.29, 0.717) is 5.13 Å². The summed E-state index contributed by atoms with van der Waals surface area (Å²) in [6, 6.07) is 12.4. The Kier molecular flexibility index (Phi) is 6.69. The molecule has 10 heteroatoms. The van der Waals surface area contributed by atoms with Gasteiger partial charge < -0.3 is 5.32 Å². The van der Waals surface area contributed by atoms with Crippen molar-refractivity contribution in [3.63, 3.8) is 0 Å². The molecule has 2 N–H and O–H groups in total. The van der Waals surface area contributed by atoms with Crippen LogP contribution in [0.1, 0.15) is 5.56 Å². The number of nitrogens with zero attached hydrogens (tertiary/aromatic N) is 1. The zero-order valence-corrected chi connectivity index (χ0v) is 17.4. The monoisotopic (exact) mass is 455 g/mol. The molecule has 0 fully saturated rings. The summed E-state index contributed by atoms with van der Waals surface area (Å²) < 4.78 is 28.2. The third kappa shape index (κ3) is 5.09. The molecule has 1 unspecified atom stereocenters. The van der Waals surface area contributed by atoms with E-state index in [-0.39, 0.29) is 21.4 Å². The summed E-state index contributed by atoms with van der Waals surface area (Å²) in [7, 11) is -4.16. The summed E-state index contributed by atoms with van der Waals surface area (Å²) in [6.45, 7) is 0. The highest BCUT2D eigenvalue weighted by Crippen LogP contribution is 2.29. The van der Waals surface area contributed by atoms with Crippen LogP contribution < -0.4 is 10.0 Å². The van der Waals surface area contributed by atoms with Gasteiger partial charge in [0.15, 0.2) is 5.13 Å². The van der Waals surface area contributed by atoms with Gasteiger partial charge in [0, 0.05) is 11.6 Å². The third-order valence-corrected chi connectivity index (χ3v) is 6.86. The molecular weight excluding hydrogens is 441 g/mol. The van der Waals surface area contributed by atoms with E-state index in [1.54, 1.807) is 29.8 Å². The van der Waals surface area contributed by atoms with Crippen LogP contribution in [0.25, 0.3) is 0 Å². The number of benzene rings is 2. The normalized spacial score (nSPS) is 12.5. The van der Waals surface area contributed by atoms with Crippen molar-refractivity contribution in [3.8, 4) is 0 Å². The zero-order chi connectivity index (χ0) is 20.1. The highest BCUT2D eigenvalue weighted by atomic mass is 35.5. The zero-order valence-electron chi connectivity index (χ0n) is 14.3. The highest BCUT2D eigenvalue weighted by molar-refractivity contribution is 7.89. The number of anilines is 1.